The molecule has 0 fully saturated rings. The van der Waals surface area contributed by atoms with Crippen molar-refractivity contribution < 1.29 is 23.0 Å². The van der Waals surface area contributed by atoms with Gasteiger partial charge in [0, 0.05) is 18.0 Å². The largest absolute Gasteiger partial charge is 0.494 e. The lowest BCUT2D eigenvalue weighted by atomic mass is 10.1. The van der Waals surface area contributed by atoms with Crippen LogP contribution in [0.2, 0.25) is 0 Å². The van der Waals surface area contributed by atoms with Gasteiger partial charge >= 0.3 is 0 Å². The Morgan fingerprint density at radius 1 is 1.05 bits per heavy atom. The van der Waals surface area contributed by atoms with E-state index < -0.39 is 21.4 Å². The maximum atomic E-state index is 13.5. The summed E-state index contributed by atoms with van der Waals surface area (Å²) in [7, 11) is -1.24. The van der Waals surface area contributed by atoms with Crippen molar-refractivity contribution in [1.29, 1.82) is 5.26 Å². The number of aryl methyl sites for hydroxylation is 1. The van der Waals surface area contributed by atoms with E-state index in [1.54, 1.807) is 30.6 Å². The van der Waals surface area contributed by atoms with Gasteiger partial charge in [-0.05, 0) is 55.3 Å². The number of rotatable bonds is 9. The first-order valence-corrected chi connectivity index (χ1v) is 13.0. The number of hydrogen-bond acceptors (Lipinski definition) is 9. The number of anilines is 1. The molecule has 2 atom stereocenters. The molecule has 0 amide bonds. The van der Waals surface area contributed by atoms with E-state index in [0.717, 1.165) is 5.56 Å². The Labute approximate surface area is 220 Å². The van der Waals surface area contributed by atoms with Gasteiger partial charge in [-0.3, -0.25) is 14.3 Å². The number of aliphatic hydroxyl groups is 1. The highest BCUT2D eigenvalue weighted by molar-refractivity contribution is 7.93. The fourth-order valence-electron chi connectivity index (χ4n) is 3.89. The van der Waals surface area contributed by atoms with Crippen LogP contribution in [-0.4, -0.2) is 52.7 Å². The van der Waals surface area contributed by atoms with Gasteiger partial charge in [-0.1, -0.05) is 18.2 Å². The molecule has 2 N–H and O–H groups in total. The number of sulfonamides is 1. The number of hydrogen-bond donors (Lipinski definition) is 2. The quantitative estimate of drug-likeness (QED) is 0.329. The molecule has 0 aliphatic heterocycles. The van der Waals surface area contributed by atoms with Crippen LogP contribution in [0.4, 0.5) is 5.95 Å². The zero-order chi connectivity index (χ0) is 27.4. The maximum Gasteiger partial charge on any atom is 0.243 e. The minimum atomic E-state index is -4.21. The van der Waals surface area contributed by atoms with Gasteiger partial charge in [0.25, 0.3) is 0 Å². The summed E-state index contributed by atoms with van der Waals surface area (Å²) in [6.07, 6.45) is 1.90. The summed E-state index contributed by atoms with van der Waals surface area (Å²) in [6, 6.07) is 15.0. The Morgan fingerprint density at radius 2 is 1.71 bits per heavy atom. The van der Waals surface area contributed by atoms with Gasteiger partial charge in [0.05, 0.1) is 32.0 Å². The van der Waals surface area contributed by atoms with Crippen LogP contribution in [-0.2, 0) is 10.0 Å². The van der Waals surface area contributed by atoms with Gasteiger partial charge in [0.1, 0.15) is 22.4 Å². The zero-order valence-corrected chi connectivity index (χ0v) is 22.0. The van der Waals surface area contributed by atoms with Crippen LogP contribution in [0.1, 0.15) is 29.7 Å². The van der Waals surface area contributed by atoms with Gasteiger partial charge in [0.15, 0.2) is 5.82 Å². The molecule has 4 rings (SSSR count). The topological polar surface area (TPSA) is 152 Å². The second-order valence-electron chi connectivity index (χ2n) is 8.48. The summed E-state index contributed by atoms with van der Waals surface area (Å²) in [5.41, 5.74) is 2.57. The first-order valence-electron chi connectivity index (χ1n) is 11.5. The molecular weight excluding hydrogens is 508 g/mol. The van der Waals surface area contributed by atoms with E-state index in [9.17, 15) is 13.5 Å². The van der Waals surface area contributed by atoms with Crippen molar-refractivity contribution in [3.05, 3.63) is 77.6 Å². The predicted octanol–water partition coefficient (Wildman–Crippen LogP) is 3.39. The van der Waals surface area contributed by atoms with E-state index in [0.29, 0.717) is 39.7 Å². The van der Waals surface area contributed by atoms with Crippen molar-refractivity contribution in [2.24, 2.45) is 0 Å². The average molecular weight is 535 g/mol. The van der Waals surface area contributed by atoms with Gasteiger partial charge in [-0.2, -0.15) is 5.26 Å². The molecule has 2 aromatic carbocycles. The van der Waals surface area contributed by atoms with Crippen molar-refractivity contribution in [2.75, 3.05) is 18.9 Å². The highest BCUT2D eigenvalue weighted by Crippen LogP contribution is 2.38. The van der Waals surface area contributed by atoms with E-state index >= 15 is 0 Å². The molecule has 38 heavy (non-hydrogen) atoms. The molecule has 0 aliphatic rings. The normalized spacial score (nSPS) is 12.8. The van der Waals surface area contributed by atoms with Crippen molar-refractivity contribution >= 4 is 16.0 Å². The highest BCUT2D eigenvalue weighted by Gasteiger charge is 2.32. The van der Waals surface area contributed by atoms with Crippen molar-refractivity contribution in [3.63, 3.8) is 0 Å². The Morgan fingerprint density at radius 3 is 2.29 bits per heavy atom. The highest BCUT2D eigenvalue weighted by atomic mass is 32.2. The van der Waals surface area contributed by atoms with Crippen LogP contribution < -0.4 is 14.2 Å². The Balaban J connectivity index is 1.82. The van der Waals surface area contributed by atoms with Crippen LogP contribution in [0.25, 0.3) is 17.1 Å². The molecule has 196 valence electrons. The van der Waals surface area contributed by atoms with E-state index in [1.165, 1.54) is 50.0 Å². The molecule has 12 heteroatoms. The summed E-state index contributed by atoms with van der Waals surface area (Å²) >= 11 is 0. The molecule has 0 saturated heterocycles. The van der Waals surface area contributed by atoms with E-state index in [1.807, 2.05) is 19.1 Å². The Kier molecular flexibility index (Phi) is 7.61. The summed E-state index contributed by atoms with van der Waals surface area (Å²) < 4.78 is 42.0. The fraction of sp³-hybridized carbons (Fsp3) is 0.231. The minimum Gasteiger partial charge on any atom is -0.494 e. The molecular formula is C26H26N6O5S. The second-order valence-corrected chi connectivity index (χ2v) is 10.5. The minimum absolute atomic E-state index is 0.136. The third kappa shape index (κ3) is 5.15. The van der Waals surface area contributed by atoms with Gasteiger partial charge in [-0.25, -0.2) is 8.42 Å². The molecule has 0 spiro atoms. The number of aliphatic hydroxyl groups excluding tert-OH is 1. The molecule has 2 aromatic heterocycles. The van der Waals surface area contributed by atoms with Crippen LogP contribution in [0.15, 0.2) is 60.9 Å². The van der Waals surface area contributed by atoms with Crippen molar-refractivity contribution in [3.8, 4) is 34.6 Å². The molecule has 0 saturated carbocycles. The first-order chi connectivity index (χ1) is 18.2. The number of aromatic nitrogens is 4. The molecule has 0 bridgehead atoms. The van der Waals surface area contributed by atoms with Gasteiger partial charge in [-0.15, -0.1) is 10.2 Å². The smallest absolute Gasteiger partial charge is 0.243 e. The lowest BCUT2D eigenvalue weighted by molar-refractivity contribution is 0.176. The lowest BCUT2D eigenvalue weighted by Crippen LogP contribution is -2.31. The van der Waals surface area contributed by atoms with E-state index in [-0.39, 0.29) is 5.95 Å². The molecule has 1 unspecified atom stereocenters. The predicted molar refractivity (Wildman–Crippen MR) is 141 cm³/mol. The monoisotopic (exact) mass is 534 g/mol. The third-order valence-electron chi connectivity index (χ3n) is 5.97. The summed E-state index contributed by atoms with van der Waals surface area (Å²) in [5, 5.41) is 27.0. The fourth-order valence-corrected chi connectivity index (χ4v) is 4.96. The van der Waals surface area contributed by atoms with Crippen molar-refractivity contribution in [2.45, 2.75) is 25.2 Å². The maximum absolute atomic E-state index is 13.5. The van der Waals surface area contributed by atoms with Crippen LogP contribution >= 0.6 is 0 Å². The van der Waals surface area contributed by atoms with Gasteiger partial charge < -0.3 is 14.6 Å². The summed E-state index contributed by atoms with van der Waals surface area (Å²) in [6.45, 7) is 3.25. The van der Waals surface area contributed by atoms with E-state index in [4.69, 9.17) is 14.7 Å². The Hall–Kier alpha value is -4.47. The molecule has 4 aromatic rings. The number of nitriles is 1. The van der Waals surface area contributed by atoms with Crippen LogP contribution in [0.5, 0.6) is 11.5 Å². The second kappa shape index (κ2) is 10.9. The summed E-state index contributed by atoms with van der Waals surface area (Å²) in [4.78, 5) is 4.23. The zero-order valence-electron chi connectivity index (χ0n) is 21.2. The lowest BCUT2D eigenvalue weighted by Gasteiger charge is -2.21. The van der Waals surface area contributed by atoms with Crippen LogP contribution in [0, 0.1) is 18.3 Å². The Bertz CT molecular complexity index is 1570. The number of nitrogens with one attached hydrogen (secondary N) is 1. The summed E-state index contributed by atoms with van der Waals surface area (Å²) in [5.74, 6) is 0.930. The molecule has 0 aliphatic carbocycles. The number of methoxy groups -OCH3 is 2. The average Bonchev–Trinajstić information content (AvgIpc) is 3.33. The first kappa shape index (κ1) is 26.6. The number of para-hydroxylation sites is 1. The number of ether oxygens (including phenoxy) is 2. The van der Waals surface area contributed by atoms with Gasteiger partial charge in [0.2, 0.25) is 16.0 Å². The molecule has 11 nitrogen and oxygen atoms in total. The number of benzene rings is 2. The van der Waals surface area contributed by atoms with Crippen molar-refractivity contribution in [1.82, 2.24) is 19.7 Å². The van der Waals surface area contributed by atoms with Crippen LogP contribution in [0.3, 0.4) is 0 Å². The standard InChI is InChI=1S/C26H26N6O5S/c1-16-12-20(15-28-14-16)25-29-30-26(32(25)23-21(36-3)6-5-7-22(23)37-4)31-38(34,35)17(2)24(33)19-10-8-18(13-27)9-11-19/h5-12,14-15,17,24,33H,1-4H3,(H,30,31)/t17?,24-/m0/s1. The number of pyridine rings is 1. The number of nitrogens with zero attached hydrogens (tertiary/aromatic N) is 5. The third-order valence-corrected chi connectivity index (χ3v) is 7.67. The molecule has 2 heterocycles. The SMILES string of the molecule is COc1cccc(OC)c1-n1c(NS(=O)(=O)C(C)[C@H](O)c2ccc(C#N)cc2)nnc1-c1cncc(C)c1. The van der Waals surface area contributed by atoms with E-state index in [2.05, 4.69) is 19.9 Å². The molecule has 0 radical (unpaired) electrons.